The first-order valence-electron chi connectivity index (χ1n) is 19.4. The van der Waals surface area contributed by atoms with Gasteiger partial charge in [-0.2, -0.15) is 0 Å². The Morgan fingerprint density at radius 3 is 1.64 bits per heavy atom. The maximum absolute atomic E-state index is 13.3. The second-order valence-corrected chi connectivity index (χ2v) is 18.7. The number of alkyl halides is 1. The van der Waals surface area contributed by atoms with Gasteiger partial charge < -0.3 is 48.9 Å². The number of halogens is 1. The predicted molar refractivity (Wildman–Crippen MR) is 224 cm³/mol. The van der Waals surface area contributed by atoms with Gasteiger partial charge in [-0.1, -0.05) is 43.4 Å². The third kappa shape index (κ3) is 19.1. The van der Waals surface area contributed by atoms with Crippen LogP contribution in [0.1, 0.15) is 81.9 Å². The van der Waals surface area contributed by atoms with Crippen LogP contribution in [0.25, 0.3) is 0 Å². The van der Waals surface area contributed by atoms with E-state index < -0.39 is 56.9 Å². The fourth-order valence-corrected chi connectivity index (χ4v) is 4.64. The monoisotopic (exact) mass is 937 g/mol. The van der Waals surface area contributed by atoms with Gasteiger partial charge in [0.1, 0.15) is 32.5 Å². The van der Waals surface area contributed by atoms with E-state index in [1.54, 1.807) is 72.5 Å². The minimum Gasteiger partial charge on any atom is -0.464 e. The molecule has 1 unspecified atom stereocenters. The summed E-state index contributed by atoms with van der Waals surface area (Å²) in [6.45, 7) is 19.2. The number of hydrogen-bond donors (Lipinski definition) is 3. The highest BCUT2D eigenvalue weighted by Gasteiger charge is 2.44. The van der Waals surface area contributed by atoms with Crippen molar-refractivity contribution >= 4 is 58.2 Å². The first-order valence-corrected chi connectivity index (χ1v) is 20.9. The summed E-state index contributed by atoms with van der Waals surface area (Å²) in [5.41, 5.74) is -3.55. The molecule has 0 aliphatic rings. The van der Waals surface area contributed by atoms with Crippen LogP contribution in [0, 0.1) is 27.1 Å². The lowest BCUT2D eigenvalue weighted by Gasteiger charge is -2.38. The van der Waals surface area contributed by atoms with Crippen LogP contribution in [0.4, 0.5) is 0 Å². The summed E-state index contributed by atoms with van der Waals surface area (Å²) in [5, 5.41) is 8.21. The van der Waals surface area contributed by atoms with E-state index in [4.69, 9.17) is 28.4 Å². The Morgan fingerprint density at radius 2 is 1.19 bits per heavy atom. The molecule has 3 amide bonds. The molecule has 0 aliphatic heterocycles. The van der Waals surface area contributed by atoms with Crippen molar-refractivity contribution in [2.45, 2.75) is 88.6 Å². The van der Waals surface area contributed by atoms with E-state index >= 15 is 0 Å². The van der Waals surface area contributed by atoms with E-state index in [0.29, 0.717) is 6.42 Å². The van der Waals surface area contributed by atoms with Gasteiger partial charge in [-0.25, -0.2) is 4.98 Å². The van der Waals surface area contributed by atoms with Gasteiger partial charge in [0, 0.05) is 38.4 Å². The molecule has 1 atom stereocenters. The number of carbonyl (C=O) groups excluding carboxylic acids is 6. The lowest BCUT2D eigenvalue weighted by atomic mass is 9.69. The highest BCUT2D eigenvalue weighted by atomic mass is 127. The lowest BCUT2D eigenvalue weighted by Crippen LogP contribution is -2.49. The van der Waals surface area contributed by atoms with Crippen LogP contribution in [0.15, 0.2) is 12.5 Å². The summed E-state index contributed by atoms with van der Waals surface area (Å²) in [4.78, 5) is 80.5. The van der Waals surface area contributed by atoms with Crippen molar-refractivity contribution in [3.8, 4) is 0 Å². The number of rotatable bonds is 25. The Balaban J connectivity index is 2.67. The van der Waals surface area contributed by atoms with E-state index in [9.17, 15) is 28.8 Å². The van der Waals surface area contributed by atoms with Crippen molar-refractivity contribution < 1.29 is 57.2 Å². The van der Waals surface area contributed by atoms with Gasteiger partial charge in [0.25, 0.3) is 0 Å². The molecule has 1 aromatic heterocycles. The zero-order valence-corrected chi connectivity index (χ0v) is 38.8. The summed E-state index contributed by atoms with van der Waals surface area (Å²) >= 11 is 1.94. The Morgan fingerprint density at radius 1 is 0.690 bits per heavy atom. The number of esters is 3. The van der Waals surface area contributed by atoms with E-state index in [0.717, 1.165) is 5.69 Å². The van der Waals surface area contributed by atoms with Gasteiger partial charge in [0.15, 0.2) is 0 Å². The zero-order valence-electron chi connectivity index (χ0n) is 36.6. The molecule has 18 heteroatoms. The molecule has 1 heterocycles. The molecule has 332 valence electrons. The molecule has 17 nitrogen and oxygen atoms in total. The first-order chi connectivity index (χ1) is 26.8. The van der Waals surface area contributed by atoms with Gasteiger partial charge >= 0.3 is 17.9 Å². The first kappa shape index (κ1) is 52.7. The molecule has 58 heavy (non-hydrogen) atoms. The van der Waals surface area contributed by atoms with Gasteiger partial charge in [-0.3, -0.25) is 28.8 Å². The molecule has 0 spiro atoms. The van der Waals surface area contributed by atoms with Crippen LogP contribution in [-0.2, 0) is 70.7 Å². The minimum absolute atomic E-state index is 0.177. The second kappa shape index (κ2) is 24.0. The topological polar surface area (TPSA) is 212 Å². The van der Waals surface area contributed by atoms with Crippen LogP contribution in [0.3, 0.4) is 0 Å². The third-order valence-corrected chi connectivity index (χ3v) is 10.1. The molecule has 3 N–H and O–H groups in total. The molecular weight excluding hydrogens is 869 g/mol. The van der Waals surface area contributed by atoms with Crippen molar-refractivity contribution in [3.05, 3.63) is 18.2 Å². The molecule has 0 bridgehead atoms. The van der Waals surface area contributed by atoms with Crippen LogP contribution in [0.5, 0.6) is 0 Å². The summed E-state index contributed by atoms with van der Waals surface area (Å²) in [5.74, 6) is -2.57. The average Bonchev–Trinajstić information content (AvgIpc) is 3.53. The fourth-order valence-electron chi connectivity index (χ4n) is 4.42. The quantitative estimate of drug-likeness (QED) is 0.0424. The molecule has 0 saturated carbocycles. The van der Waals surface area contributed by atoms with Crippen LogP contribution in [-0.4, -0.2) is 128 Å². The Kier molecular flexibility index (Phi) is 21.8. The largest absolute Gasteiger partial charge is 0.464 e. The Hall–Kier alpha value is -3.36. The summed E-state index contributed by atoms with van der Waals surface area (Å²) in [6, 6.07) is -0.754. The van der Waals surface area contributed by atoms with Gasteiger partial charge in [-0.15, -0.1) is 0 Å². The zero-order chi connectivity index (χ0) is 44.4. The van der Waals surface area contributed by atoms with Crippen molar-refractivity contribution in [1.82, 2.24) is 25.5 Å². The van der Waals surface area contributed by atoms with E-state index in [-0.39, 0.29) is 88.8 Å². The lowest BCUT2D eigenvalue weighted by molar-refractivity contribution is -0.180. The van der Waals surface area contributed by atoms with Crippen LogP contribution >= 0.6 is 22.6 Å². The van der Waals surface area contributed by atoms with Crippen molar-refractivity contribution in [1.29, 1.82) is 0 Å². The molecule has 0 aromatic carbocycles. The third-order valence-electron chi connectivity index (χ3n) is 9.37. The predicted octanol–water partition coefficient (Wildman–Crippen LogP) is 2.95. The minimum atomic E-state index is -1.33. The van der Waals surface area contributed by atoms with Crippen molar-refractivity contribution in [2.75, 3.05) is 77.0 Å². The highest BCUT2D eigenvalue weighted by molar-refractivity contribution is 14.1. The Labute approximate surface area is 357 Å². The molecule has 0 fully saturated rings. The van der Waals surface area contributed by atoms with Crippen LogP contribution < -0.4 is 16.0 Å². The summed E-state index contributed by atoms with van der Waals surface area (Å²) in [6.07, 6.45) is 3.57. The summed E-state index contributed by atoms with van der Waals surface area (Å²) in [7, 11) is 1.81. The SMILES string of the molecule is Cn1cncc1CC(NC(=O)CI)C(=O)NCCOCCOCCNC(=O)COCC(COC(=O)C(C)(C)C)(COC(=O)C(C)(C)C)COC(=O)C(C)(C)C(C)(C)C. The molecule has 0 aliphatic carbocycles. The number of imidazole rings is 1. The standard InChI is InChI=1S/C40H68IN5O12/c1-36(2,3)33(50)56-24-40(25-57-34(51)37(4,5)6,26-58-35(52)39(10,11)38(7,8)9)23-55-22-31(48)43-13-15-53-17-18-54-16-14-44-32(49)29(45-30(47)20-41)19-28-21-42-27-46(28)12/h21,27,29H,13-20,22-26H2,1-12H3,(H,43,48)(H,44,49)(H,45,47). The maximum atomic E-state index is 13.3. The van der Waals surface area contributed by atoms with E-state index in [1.807, 2.05) is 50.4 Å². The molecule has 1 aromatic rings. The normalized spacial score (nSPS) is 13.0. The van der Waals surface area contributed by atoms with E-state index in [1.165, 1.54) is 0 Å². The molecular formula is C40H68IN5O12. The number of aryl methyl sites for hydroxylation is 1. The summed E-state index contributed by atoms with van der Waals surface area (Å²) < 4.78 is 36.0. The molecule has 1 rings (SSSR count). The Bertz CT molecular complexity index is 1460. The van der Waals surface area contributed by atoms with Gasteiger partial charge in [0.05, 0.1) is 65.4 Å². The highest BCUT2D eigenvalue weighted by Crippen LogP contribution is 2.39. The number of nitrogens with one attached hydrogen (secondary N) is 3. The fraction of sp³-hybridized carbons (Fsp3) is 0.775. The van der Waals surface area contributed by atoms with Crippen LogP contribution in [0.2, 0.25) is 0 Å². The van der Waals surface area contributed by atoms with Gasteiger partial charge in [0.2, 0.25) is 17.7 Å². The molecule has 0 radical (unpaired) electrons. The van der Waals surface area contributed by atoms with E-state index in [2.05, 4.69) is 20.9 Å². The number of nitrogens with zero attached hydrogens (tertiary/aromatic N) is 2. The number of amides is 3. The number of carbonyl (C=O) groups is 6. The second-order valence-electron chi connectivity index (χ2n) is 17.9. The molecule has 0 saturated heterocycles. The van der Waals surface area contributed by atoms with Crippen molar-refractivity contribution in [3.63, 3.8) is 0 Å². The maximum Gasteiger partial charge on any atom is 0.312 e. The number of aromatic nitrogens is 2. The van der Waals surface area contributed by atoms with Crippen molar-refractivity contribution in [2.24, 2.45) is 34.1 Å². The average molecular weight is 938 g/mol. The smallest absolute Gasteiger partial charge is 0.312 e. The van der Waals surface area contributed by atoms with Gasteiger partial charge in [-0.05, 0) is 60.8 Å². The number of ether oxygens (including phenoxy) is 6. The number of hydrogen-bond acceptors (Lipinski definition) is 13.